The standard InChI is InChI=1S/C8H16S3/c1-3-4-10-8(2)7-9-5-6-11-8/h3-7H2,1-2H3. The Balaban J connectivity index is 2.25. The molecule has 1 saturated heterocycles. The van der Waals surface area contributed by atoms with Gasteiger partial charge in [-0.1, -0.05) is 6.92 Å². The lowest BCUT2D eigenvalue weighted by Gasteiger charge is -2.31. The van der Waals surface area contributed by atoms with E-state index in [2.05, 4.69) is 49.1 Å². The molecule has 3 heteroatoms. The third-order valence-corrected chi connectivity index (χ3v) is 6.75. The Morgan fingerprint density at radius 1 is 1.45 bits per heavy atom. The molecule has 66 valence electrons. The van der Waals surface area contributed by atoms with Gasteiger partial charge < -0.3 is 0 Å². The minimum absolute atomic E-state index is 0.527. The van der Waals surface area contributed by atoms with Crippen LogP contribution in [-0.4, -0.2) is 27.1 Å². The normalized spacial score (nSPS) is 32.2. The summed E-state index contributed by atoms with van der Waals surface area (Å²) in [4.78, 5) is 0. The predicted octanol–water partition coefficient (Wildman–Crippen LogP) is 3.33. The van der Waals surface area contributed by atoms with E-state index in [1.807, 2.05) is 0 Å². The van der Waals surface area contributed by atoms with Crippen molar-refractivity contribution < 1.29 is 0 Å². The lowest BCUT2D eigenvalue weighted by Crippen LogP contribution is -2.24. The van der Waals surface area contributed by atoms with E-state index in [1.165, 1.54) is 29.4 Å². The van der Waals surface area contributed by atoms with Crippen molar-refractivity contribution in [1.29, 1.82) is 0 Å². The number of thioether (sulfide) groups is 3. The fourth-order valence-electron chi connectivity index (χ4n) is 1.02. The van der Waals surface area contributed by atoms with Crippen LogP contribution in [0.4, 0.5) is 0 Å². The highest BCUT2D eigenvalue weighted by Gasteiger charge is 2.27. The molecule has 0 spiro atoms. The first-order chi connectivity index (χ1) is 5.27. The van der Waals surface area contributed by atoms with E-state index in [-0.39, 0.29) is 0 Å². The van der Waals surface area contributed by atoms with Gasteiger partial charge in [0, 0.05) is 17.3 Å². The van der Waals surface area contributed by atoms with E-state index in [0.717, 1.165) is 0 Å². The molecule has 0 nitrogen and oxygen atoms in total. The van der Waals surface area contributed by atoms with Gasteiger partial charge in [-0.05, 0) is 19.1 Å². The van der Waals surface area contributed by atoms with E-state index in [0.29, 0.717) is 4.08 Å². The van der Waals surface area contributed by atoms with E-state index in [1.54, 1.807) is 0 Å². The zero-order valence-corrected chi connectivity index (χ0v) is 9.71. The molecule has 1 rings (SSSR count). The second-order valence-corrected chi connectivity index (χ2v) is 7.44. The summed E-state index contributed by atoms with van der Waals surface area (Å²) in [5.74, 6) is 5.36. The molecule has 0 aromatic heterocycles. The number of hydrogen-bond donors (Lipinski definition) is 0. The summed E-state index contributed by atoms with van der Waals surface area (Å²) >= 11 is 6.40. The van der Waals surface area contributed by atoms with Gasteiger partial charge in [-0.15, -0.1) is 23.5 Å². The van der Waals surface area contributed by atoms with Crippen LogP contribution in [0.15, 0.2) is 0 Å². The average molecular weight is 208 g/mol. The first kappa shape index (κ1) is 10.1. The molecule has 0 aromatic carbocycles. The highest BCUT2D eigenvalue weighted by atomic mass is 32.2. The predicted molar refractivity (Wildman–Crippen MR) is 60.9 cm³/mol. The maximum absolute atomic E-state index is 2.39. The van der Waals surface area contributed by atoms with Gasteiger partial charge in [0.2, 0.25) is 0 Å². The summed E-state index contributed by atoms with van der Waals surface area (Å²) in [6, 6.07) is 0. The Morgan fingerprint density at radius 2 is 2.27 bits per heavy atom. The van der Waals surface area contributed by atoms with E-state index < -0.39 is 0 Å². The molecule has 1 fully saturated rings. The third kappa shape index (κ3) is 3.51. The molecule has 0 aromatic rings. The van der Waals surface area contributed by atoms with Crippen molar-refractivity contribution in [2.75, 3.05) is 23.0 Å². The molecule has 1 atom stereocenters. The second kappa shape index (κ2) is 4.93. The van der Waals surface area contributed by atoms with Gasteiger partial charge in [0.15, 0.2) is 0 Å². The molecular formula is C8H16S3. The molecule has 11 heavy (non-hydrogen) atoms. The zero-order valence-electron chi connectivity index (χ0n) is 7.26. The van der Waals surface area contributed by atoms with Crippen molar-refractivity contribution in [3.63, 3.8) is 0 Å². The van der Waals surface area contributed by atoms with E-state index in [4.69, 9.17) is 0 Å². The monoisotopic (exact) mass is 208 g/mol. The van der Waals surface area contributed by atoms with Crippen molar-refractivity contribution >= 4 is 35.3 Å². The lowest BCUT2D eigenvalue weighted by molar-refractivity contribution is 1.01. The molecule has 0 N–H and O–H groups in total. The van der Waals surface area contributed by atoms with Gasteiger partial charge in [0.1, 0.15) is 0 Å². The first-order valence-electron chi connectivity index (χ1n) is 4.12. The number of hydrogen-bond acceptors (Lipinski definition) is 3. The maximum atomic E-state index is 2.39. The van der Waals surface area contributed by atoms with Gasteiger partial charge in [-0.3, -0.25) is 0 Å². The molecule has 0 aliphatic carbocycles. The summed E-state index contributed by atoms with van der Waals surface area (Å²) < 4.78 is 0.527. The van der Waals surface area contributed by atoms with Crippen molar-refractivity contribution in [2.45, 2.75) is 24.3 Å². The lowest BCUT2D eigenvalue weighted by atomic mass is 10.5. The minimum Gasteiger partial charge on any atom is -0.159 e. The highest BCUT2D eigenvalue weighted by molar-refractivity contribution is 8.20. The van der Waals surface area contributed by atoms with Crippen LogP contribution in [0.1, 0.15) is 20.3 Å². The highest BCUT2D eigenvalue weighted by Crippen LogP contribution is 2.43. The Labute approximate surface area is 82.7 Å². The van der Waals surface area contributed by atoms with Crippen LogP contribution >= 0.6 is 35.3 Å². The fourth-order valence-corrected chi connectivity index (χ4v) is 5.40. The minimum atomic E-state index is 0.527. The molecule has 0 bridgehead atoms. The van der Waals surface area contributed by atoms with Gasteiger partial charge >= 0.3 is 0 Å². The smallest absolute Gasteiger partial charge is 0.0673 e. The topological polar surface area (TPSA) is 0 Å². The summed E-state index contributed by atoms with van der Waals surface area (Å²) in [5.41, 5.74) is 0. The van der Waals surface area contributed by atoms with Crippen molar-refractivity contribution in [2.24, 2.45) is 0 Å². The molecule has 0 amide bonds. The molecule has 1 aliphatic rings. The van der Waals surface area contributed by atoms with Crippen LogP contribution in [-0.2, 0) is 0 Å². The average Bonchev–Trinajstić information content (AvgIpc) is 2.03. The van der Waals surface area contributed by atoms with Gasteiger partial charge in [-0.2, -0.15) is 11.8 Å². The van der Waals surface area contributed by atoms with Gasteiger partial charge in [0.05, 0.1) is 4.08 Å². The summed E-state index contributed by atoms with van der Waals surface area (Å²) in [7, 11) is 0. The largest absolute Gasteiger partial charge is 0.159 e. The van der Waals surface area contributed by atoms with Crippen LogP contribution in [0.3, 0.4) is 0 Å². The molecule has 1 aliphatic heterocycles. The summed E-state index contributed by atoms with van der Waals surface area (Å²) in [6.45, 7) is 4.65. The van der Waals surface area contributed by atoms with Crippen LogP contribution in [0.25, 0.3) is 0 Å². The quantitative estimate of drug-likeness (QED) is 0.698. The summed E-state index contributed by atoms with van der Waals surface area (Å²) in [5, 5.41) is 0. The summed E-state index contributed by atoms with van der Waals surface area (Å²) in [6.07, 6.45) is 1.31. The Kier molecular flexibility index (Phi) is 4.54. The Hall–Kier alpha value is 1.05. The molecule has 0 saturated carbocycles. The van der Waals surface area contributed by atoms with Crippen molar-refractivity contribution in [3.8, 4) is 0 Å². The fraction of sp³-hybridized carbons (Fsp3) is 1.00. The van der Waals surface area contributed by atoms with Crippen LogP contribution < -0.4 is 0 Å². The second-order valence-electron chi connectivity index (χ2n) is 2.88. The molecular weight excluding hydrogens is 192 g/mol. The Morgan fingerprint density at radius 3 is 2.82 bits per heavy atom. The molecule has 0 radical (unpaired) electrons. The van der Waals surface area contributed by atoms with Gasteiger partial charge in [0.25, 0.3) is 0 Å². The van der Waals surface area contributed by atoms with Crippen LogP contribution in [0, 0.1) is 0 Å². The van der Waals surface area contributed by atoms with Gasteiger partial charge in [-0.25, -0.2) is 0 Å². The Bertz CT molecular complexity index is 108. The van der Waals surface area contributed by atoms with E-state index >= 15 is 0 Å². The van der Waals surface area contributed by atoms with E-state index in [9.17, 15) is 0 Å². The molecule has 1 heterocycles. The first-order valence-corrected chi connectivity index (χ1v) is 7.25. The van der Waals surface area contributed by atoms with Crippen molar-refractivity contribution in [3.05, 3.63) is 0 Å². The van der Waals surface area contributed by atoms with Crippen LogP contribution in [0.5, 0.6) is 0 Å². The maximum Gasteiger partial charge on any atom is 0.0673 e. The van der Waals surface area contributed by atoms with Crippen LogP contribution in [0.2, 0.25) is 0 Å². The number of rotatable bonds is 3. The SMILES string of the molecule is CCCSC1(C)CSCCS1. The van der Waals surface area contributed by atoms with Crippen molar-refractivity contribution in [1.82, 2.24) is 0 Å². The zero-order chi connectivity index (χ0) is 8.16. The third-order valence-electron chi connectivity index (χ3n) is 1.61. The molecule has 1 unspecified atom stereocenters.